The van der Waals surface area contributed by atoms with E-state index in [9.17, 15) is 44.3 Å². The zero-order valence-corrected chi connectivity index (χ0v) is 18.4. The Bertz CT molecular complexity index is 1000. The van der Waals surface area contributed by atoms with Gasteiger partial charge in [-0.15, -0.1) is 0 Å². The first kappa shape index (κ1) is 26.5. The number of halogens is 10. The molecule has 2 fully saturated rings. The van der Waals surface area contributed by atoms with Crippen molar-refractivity contribution in [3.63, 3.8) is 0 Å². The number of hydrogen-bond donors (Lipinski definition) is 0. The van der Waals surface area contributed by atoms with E-state index in [1.807, 2.05) is 0 Å². The SMILES string of the molecule is FC(F)(F)c1ccc(Cl)cc1.O=C1SC(c2cc(C(F)(F)F)cc(C(F)(F)F)c2)C2CCCN12. The molecule has 0 radical (unpaired) electrons. The molecule has 2 heterocycles. The zero-order valence-electron chi connectivity index (χ0n) is 16.9. The number of fused-ring (bicyclic) bond motifs is 1. The van der Waals surface area contributed by atoms with Gasteiger partial charge in [0.05, 0.1) is 21.9 Å². The van der Waals surface area contributed by atoms with E-state index < -0.39 is 40.5 Å². The predicted molar refractivity (Wildman–Crippen MR) is 108 cm³/mol. The Kier molecular flexibility index (Phi) is 7.43. The van der Waals surface area contributed by atoms with Gasteiger partial charge in [0.25, 0.3) is 5.24 Å². The molecule has 4 rings (SSSR count). The smallest absolute Gasteiger partial charge is 0.329 e. The monoisotopic (exact) mass is 535 g/mol. The van der Waals surface area contributed by atoms with Crippen LogP contribution >= 0.6 is 23.4 Å². The Morgan fingerprint density at radius 2 is 1.29 bits per heavy atom. The van der Waals surface area contributed by atoms with E-state index in [0.29, 0.717) is 24.4 Å². The highest BCUT2D eigenvalue weighted by molar-refractivity contribution is 8.14. The molecule has 2 unspecified atom stereocenters. The minimum absolute atomic E-state index is 0.0973. The fourth-order valence-electron chi connectivity index (χ4n) is 3.66. The van der Waals surface area contributed by atoms with Gasteiger partial charge >= 0.3 is 18.5 Å². The van der Waals surface area contributed by atoms with Crippen LogP contribution in [0.25, 0.3) is 0 Å². The molecule has 13 heteroatoms. The largest absolute Gasteiger partial charge is 0.416 e. The molecular weight excluding hydrogens is 521 g/mol. The average molecular weight is 536 g/mol. The van der Waals surface area contributed by atoms with Crippen molar-refractivity contribution in [2.45, 2.75) is 42.7 Å². The van der Waals surface area contributed by atoms with E-state index >= 15 is 0 Å². The van der Waals surface area contributed by atoms with Crippen molar-refractivity contribution in [3.8, 4) is 0 Å². The Hall–Kier alpha value is -2.08. The van der Waals surface area contributed by atoms with Crippen LogP contribution in [0.3, 0.4) is 0 Å². The summed E-state index contributed by atoms with van der Waals surface area (Å²) in [4.78, 5) is 13.4. The quantitative estimate of drug-likeness (QED) is 0.341. The number of hydrogen-bond acceptors (Lipinski definition) is 2. The average Bonchev–Trinajstić information content (AvgIpc) is 3.31. The van der Waals surface area contributed by atoms with Crippen molar-refractivity contribution in [3.05, 3.63) is 69.7 Å². The van der Waals surface area contributed by atoms with Gasteiger partial charge in [-0.3, -0.25) is 4.79 Å². The van der Waals surface area contributed by atoms with E-state index in [2.05, 4.69) is 0 Å². The van der Waals surface area contributed by atoms with Gasteiger partial charge in [-0.1, -0.05) is 23.4 Å². The van der Waals surface area contributed by atoms with Crippen molar-refractivity contribution >= 4 is 28.6 Å². The molecule has 0 aromatic heterocycles. The van der Waals surface area contributed by atoms with Crippen LogP contribution in [0.2, 0.25) is 5.02 Å². The third-order valence-electron chi connectivity index (χ3n) is 5.22. The number of alkyl halides is 9. The van der Waals surface area contributed by atoms with Gasteiger partial charge in [0.1, 0.15) is 0 Å². The standard InChI is InChI=1S/C14H11F6NOS.C7H4ClF3/c15-13(16,17)8-4-7(5-9(6-8)14(18,19)20)11-10-2-1-3-21(10)12(22)23-11;8-6-3-1-5(2-4-6)7(9,10)11/h4-6,10-11H,1-3H2;1-4H. The van der Waals surface area contributed by atoms with Gasteiger partial charge < -0.3 is 4.90 Å². The number of benzene rings is 2. The summed E-state index contributed by atoms with van der Waals surface area (Å²) in [6.07, 6.45) is -12.7. The maximum Gasteiger partial charge on any atom is 0.416 e. The van der Waals surface area contributed by atoms with Crippen molar-refractivity contribution in [1.29, 1.82) is 0 Å². The van der Waals surface area contributed by atoms with E-state index in [1.54, 1.807) is 0 Å². The molecule has 2 aliphatic heterocycles. The molecule has 2 aromatic carbocycles. The van der Waals surface area contributed by atoms with Crippen LogP contribution < -0.4 is 0 Å². The lowest BCUT2D eigenvalue weighted by Crippen LogP contribution is -2.27. The highest BCUT2D eigenvalue weighted by Crippen LogP contribution is 2.49. The van der Waals surface area contributed by atoms with E-state index in [-0.39, 0.29) is 22.9 Å². The molecule has 2 nitrogen and oxygen atoms in total. The third-order valence-corrected chi connectivity index (χ3v) is 6.75. The topological polar surface area (TPSA) is 20.3 Å². The number of rotatable bonds is 1. The van der Waals surface area contributed by atoms with Crippen molar-refractivity contribution < 1.29 is 44.3 Å². The first-order chi connectivity index (χ1) is 15.6. The Morgan fingerprint density at radius 3 is 1.76 bits per heavy atom. The highest BCUT2D eigenvalue weighted by Gasteiger charge is 2.45. The summed E-state index contributed by atoms with van der Waals surface area (Å²) in [7, 11) is 0. The molecule has 0 N–H and O–H groups in total. The number of carbonyl (C=O) groups is 1. The normalized spacial score (nSPS) is 20.8. The second-order valence-corrected chi connectivity index (χ2v) is 9.08. The summed E-state index contributed by atoms with van der Waals surface area (Å²) < 4.78 is 113. The van der Waals surface area contributed by atoms with Crippen LogP contribution in [-0.4, -0.2) is 22.7 Å². The van der Waals surface area contributed by atoms with Crippen LogP contribution in [0.15, 0.2) is 42.5 Å². The fraction of sp³-hybridized carbons (Fsp3) is 0.381. The van der Waals surface area contributed by atoms with E-state index in [1.165, 1.54) is 17.0 Å². The number of thioether (sulfide) groups is 1. The highest BCUT2D eigenvalue weighted by atomic mass is 35.5. The molecule has 0 aliphatic carbocycles. The van der Waals surface area contributed by atoms with E-state index in [0.717, 1.165) is 36.0 Å². The van der Waals surface area contributed by atoms with Crippen LogP contribution in [-0.2, 0) is 18.5 Å². The second-order valence-electron chi connectivity index (χ2n) is 7.55. The fourth-order valence-corrected chi connectivity index (χ4v) is 5.08. The van der Waals surface area contributed by atoms with Gasteiger partial charge in [0.2, 0.25) is 0 Å². The molecule has 2 saturated heterocycles. The summed E-state index contributed by atoms with van der Waals surface area (Å²) in [5.41, 5.74) is -3.46. The van der Waals surface area contributed by atoms with Gasteiger partial charge in [-0.05, 0) is 60.9 Å². The molecule has 2 aliphatic rings. The first-order valence-corrected chi connectivity index (χ1v) is 10.9. The molecule has 2 atom stereocenters. The van der Waals surface area contributed by atoms with Crippen LogP contribution in [0.4, 0.5) is 44.3 Å². The van der Waals surface area contributed by atoms with Gasteiger partial charge in [0, 0.05) is 17.6 Å². The minimum Gasteiger partial charge on any atom is -0.329 e. The number of amides is 1. The number of nitrogens with zero attached hydrogens (tertiary/aromatic N) is 1. The molecule has 0 saturated carbocycles. The molecule has 2 aromatic rings. The minimum atomic E-state index is -4.88. The summed E-state index contributed by atoms with van der Waals surface area (Å²) in [6.45, 7) is 0.498. The molecule has 0 spiro atoms. The van der Waals surface area contributed by atoms with Gasteiger partial charge in [-0.2, -0.15) is 39.5 Å². The summed E-state index contributed by atoms with van der Waals surface area (Å²) in [5.74, 6) is 0. The third kappa shape index (κ3) is 6.12. The predicted octanol–water partition coefficient (Wildman–Crippen LogP) is 8.46. The summed E-state index contributed by atoms with van der Waals surface area (Å²) in [6, 6.07) is 5.54. The second kappa shape index (κ2) is 9.52. The summed E-state index contributed by atoms with van der Waals surface area (Å²) in [5, 5.41) is -0.685. The Balaban J connectivity index is 0.000000248. The molecule has 186 valence electrons. The van der Waals surface area contributed by atoms with Crippen LogP contribution in [0.5, 0.6) is 0 Å². The maximum absolute atomic E-state index is 12.9. The first-order valence-electron chi connectivity index (χ1n) is 9.67. The Morgan fingerprint density at radius 1 is 0.794 bits per heavy atom. The van der Waals surface area contributed by atoms with E-state index in [4.69, 9.17) is 11.6 Å². The Labute approximate surface area is 197 Å². The molecule has 1 amide bonds. The van der Waals surface area contributed by atoms with Crippen molar-refractivity contribution in [2.75, 3.05) is 6.54 Å². The molecular formula is C21H15ClF9NOS. The van der Waals surface area contributed by atoms with Crippen molar-refractivity contribution in [1.82, 2.24) is 4.90 Å². The lowest BCUT2D eigenvalue weighted by Gasteiger charge is -2.21. The number of carbonyl (C=O) groups excluding carboxylic acids is 1. The van der Waals surface area contributed by atoms with Gasteiger partial charge in [0.15, 0.2) is 0 Å². The zero-order chi connectivity index (χ0) is 25.5. The lowest BCUT2D eigenvalue weighted by molar-refractivity contribution is -0.143. The molecule has 0 bridgehead atoms. The van der Waals surface area contributed by atoms with Crippen molar-refractivity contribution in [2.24, 2.45) is 0 Å². The van der Waals surface area contributed by atoms with Crippen LogP contribution in [0.1, 0.15) is 40.3 Å². The lowest BCUT2D eigenvalue weighted by atomic mass is 9.98. The maximum atomic E-state index is 12.9. The summed E-state index contributed by atoms with van der Waals surface area (Å²) >= 11 is 6.20. The molecule has 34 heavy (non-hydrogen) atoms. The van der Waals surface area contributed by atoms with Gasteiger partial charge in [-0.25, -0.2) is 0 Å². The van der Waals surface area contributed by atoms with Crippen LogP contribution in [0, 0.1) is 0 Å².